The summed E-state index contributed by atoms with van der Waals surface area (Å²) in [5.74, 6) is -1.36. The molecule has 0 aliphatic carbocycles. The number of carbonyl (C=O) groups is 2. The number of amides is 1. The molecule has 0 bridgehead atoms. The van der Waals surface area contributed by atoms with Crippen LogP contribution in [-0.4, -0.2) is 32.1 Å². The van der Waals surface area contributed by atoms with Gasteiger partial charge in [0.2, 0.25) is 5.91 Å². The summed E-state index contributed by atoms with van der Waals surface area (Å²) in [4.78, 5) is 40.3. The molecule has 1 amide bonds. The van der Waals surface area contributed by atoms with Crippen LogP contribution in [0.4, 0.5) is 0 Å². The Morgan fingerprint density at radius 3 is 2.70 bits per heavy atom. The van der Waals surface area contributed by atoms with Gasteiger partial charge in [-0.2, -0.15) is 0 Å². The number of thiophene rings is 1. The smallest absolute Gasteiger partial charge is 0.305 e. The number of hydrogen-bond donors (Lipinski definition) is 2. The average molecular weight is 337 g/mol. The molecule has 0 unspecified atom stereocenters. The predicted molar refractivity (Wildman–Crippen MR) is 87.6 cm³/mol. The maximum absolute atomic E-state index is 12.3. The lowest BCUT2D eigenvalue weighted by Gasteiger charge is -2.31. The molecule has 124 valence electrons. The summed E-state index contributed by atoms with van der Waals surface area (Å²) in [6.07, 6.45) is 2.19. The molecule has 2 aromatic rings. The van der Waals surface area contributed by atoms with Crippen LogP contribution in [0.5, 0.6) is 0 Å². The Bertz CT molecular complexity index is 776. The molecule has 8 heteroatoms. The lowest BCUT2D eigenvalue weighted by atomic mass is 9.89. The van der Waals surface area contributed by atoms with E-state index < -0.39 is 17.4 Å². The predicted octanol–water partition coefficient (Wildman–Crippen LogP) is 1.61. The Labute approximate surface area is 137 Å². The SMILES string of the molecule is CCC(CC)(CC(=O)O)NC(=O)Cn1cnc2sccc2c1=O. The van der Waals surface area contributed by atoms with Crippen molar-refractivity contribution in [1.29, 1.82) is 0 Å². The summed E-state index contributed by atoms with van der Waals surface area (Å²) in [5, 5.41) is 14.1. The van der Waals surface area contributed by atoms with Gasteiger partial charge in [0.25, 0.3) is 5.56 Å². The van der Waals surface area contributed by atoms with Crippen LogP contribution in [0.15, 0.2) is 22.6 Å². The van der Waals surface area contributed by atoms with Gasteiger partial charge in [-0.15, -0.1) is 11.3 Å². The van der Waals surface area contributed by atoms with Crippen molar-refractivity contribution in [1.82, 2.24) is 14.9 Å². The van der Waals surface area contributed by atoms with Crippen molar-refractivity contribution >= 4 is 33.4 Å². The van der Waals surface area contributed by atoms with Crippen LogP contribution in [0.25, 0.3) is 10.2 Å². The third kappa shape index (κ3) is 3.76. The first-order valence-electron chi connectivity index (χ1n) is 7.36. The molecule has 0 saturated carbocycles. The fraction of sp³-hybridized carbons (Fsp3) is 0.467. The second kappa shape index (κ2) is 6.91. The molecule has 0 spiro atoms. The standard InChI is InChI=1S/C15H19N3O4S/c1-3-15(4-2,7-12(20)21)17-11(19)8-18-9-16-13-10(14(18)22)5-6-23-13/h5-6,9H,3-4,7-8H2,1-2H3,(H,17,19)(H,20,21). The van der Waals surface area contributed by atoms with Crippen molar-refractivity contribution < 1.29 is 14.7 Å². The van der Waals surface area contributed by atoms with Crippen LogP contribution in [-0.2, 0) is 16.1 Å². The van der Waals surface area contributed by atoms with Gasteiger partial charge in [0.1, 0.15) is 11.4 Å². The number of aliphatic carboxylic acids is 1. The van der Waals surface area contributed by atoms with Gasteiger partial charge in [-0.3, -0.25) is 19.0 Å². The first kappa shape index (κ1) is 17.1. The number of aromatic nitrogens is 2. The topological polar surface area (TPSA) is 101 Å². The zero-order valence-corrected chi connectivity index (χ0v) is 13.9. The van der Waals surface area contributed by atoms with E-state index in [0.29, 0.717) is 23.1 Å². The minimum atomic E-state index is -0.965. The van der Waals surface area contributed by atoms with E-state index in [1.165, 1.54) is 22.2 Å². The van der Waals surface area contributed by atoms with Crippen molar-refractivity contribution in [2.75, 3.05) is 0 Å². The summed E-state index contributed by atoms with van der Waals surface area (Å²) in [7, 11) is 0. The van der Waals surface area contributed by atoms with E-state index in [4.69, 9.17) is 5.11 Å². The van der Waals surface area contributed by atoms with Crippen molar-refractivity contribution in [3.05, 3.63) is 28.1 Å². The first-order chi connectivity index (χ1) is 10.9. The highest BCUT2D eigenvalue weighted by molar-refractivity contribution is 7.16. The molecular weight excluding hydrogens is 318 g/mol. The van der Waals surface area contributed by atoms with Crippen molar-refractivity contribution in [2.45, 2.75) is 45.2 Å². The molecule has 2 heterocycles. The lowest BCUT2D eigenvalue weighted by molar-refractivity contribution is -0.139. The van der Waals surface area contributed by atoms with Gasteiger partial charge in [-0.05, 0) is 24.3 Å². The molecule has 0 aliphatic heterocycles. The summed E-state index contributed by atoms with van der Waals surface area (Å²) >= 11 is 1.36. The van der Waals surface area contributed by atoms with Gasteiger partial charge in [0, 0.05) is 0 Å². The number of carboxylic acid groups (broad SMARTS) is 1. The van der Waals surface area contributed by atoms with E-state index in [1.807, 2.05) is 13.8 Å². The number of nitrogens with zero attached hydrogens (tertiary/aromatic N) is 2. The number of fused-ring (bicyclic) bond motifs is 1. The van der Waals surface area contributed by atoms with E-state index >= 15 is 0 Å². The van der Waals surface area contributed by atoms with Crippen LogP contribution >= 0.6 is 11.3 Å². The van der Waals surface area contributed by atoms with Crippen LogP contribution in [0, 0.1) is 0 Å². The Hall–Kier alpha value is -2.22. The molecular formula is C15H19N3O4S. The average Bonchev–Trinajstić information content (AvgIpc) is 2.98. The zero-order valence-electron chi connectivity index (χ0n) is 13.0. The zero-order chi connectivity index (χ0) is 17.0. The largest absolute Gasteiger partial charge is 0.481 e. The van der Waals surface area contributed by atoms with Crippen molar-refractivity contribution in [3.63, 3.8) is 0 Å². The third-order valence-electron chi connectivity index (χ3n) is 4.01. The maximum atomic E-state index is 12.3. The molecule has 7 nitrogen and oxygen atoms in total. The molecule has 0 saturated heterocycles. The van der Waals surface area contributed by atoms with Gasteiger partial charge in [0.05, 0.1) is 23.7 Å². The minimum Gasteiger partial charge on any atom is -0.481 e. The second-order valence-electron chi connectivity index (χ2n) is 5.42. The summed E-state index contributed by atoms with van der Waals surface area (Å²) < 4.78 is 1.24. The number of rotatable bonds is 7. The monoisotopic (exact) mass is 337 g/mol. The van der Waals surface area contributed by atoms with Gasteiger partial charge >= 0.3 is 5.97 Å². The molecule has 2 N–H and O–H groups in total. The van der Waals surface area contributed by atoms with Crippen molar-refractivity contribution in [2.24, 2.45) is 0 Å². The molecule has 0 aromatic carbocycles. The Morgan fingerprint density at radius 2 is 2.09 bits per heavy atom. The highest BCUT2D eigenvalue weighted by Gasteiger charge is 2.31. The molecule has 2 rings (SSSR count). The second-order valence-corrected chi connectivity index (χ2v) is 6.32. The van der Waals surface area contributed by atoms with Gasteiger partial charge in [0.15, 0.2) is 0 Å². The molecule has 0 atom stereocenters. The fourth-order valence-electron chi connectivity index (χ4n) is 2.51. The quantitative estimate of drug-likeness (QED) is 0.799. The number of hydrogen-bond acceptors (Lipinski definition) is 5. The number of carbonyl (C=O) groups excluding carboxylic acids is 1. The van der Waals surface area contributed by atoms with Crippen molar-refractivity contribution in [3.8, 4) is 0 Å². The van der Waals surface area contributed by atoms with E-state index in [-0.39, 0.29) is 18.5 Å². The normalized spacial score (nSPS) is 11.6. The van der Waals surface area contributed by atoms with Crippen LogP contribution < -0.4 is 10.9 Å². The van der Waals surface area contributed by atoms with E-state index in [2.05, 4.69) is 10.3 Å². The van der Waals surface area contributed by atoms with Crippen LogP contribution in [0.1, 0.15) is 33.1 Å². The highest BCUT2D eigenvalue weighted by Crippen LogP contribution is 2.20. The number of nitrogens with one attached hydrogen (secondary N) is 1. The van der Waals surface area contributed by atoms with Crippen LogP contribution in [0.2, 0.25) is 0 Å². The molecule has 23 heavy (non-hydrogen) atoms. The Balaban J connectivity index is 2.18. The summed E-state index contributed by atoms with van der Waals surface area (Å²) in [5.41, 5.74) is -1.07. The van der Waals surface area contributed by atoms with E-state index in [1.54, 1.807) is 11.4 Å². The first-order valence-corrected chi connectivity index (χ1v) is 8.24. The fourth-order valence-corrected chi connectivity index (χ4v) is 3.23. The molecule has 0 aliphatic rings. The minimum absolute atomic E-state index is 0.150. The summed E-state index contributed by atoms with van der Waals surface area (Å²) in [6.45, 7) is 3.48. The van der Waals surface area contributed by atoms with Gasteiger partial charge < -0.3 is 10.4 Å². The Morgan fingerprint density at radius 1 is 1.39 bits per heavy atom. The number of carboxylic acids is 1. The molecule has 2 aromatic heterocycles. The van der Waals surface area contributed by atoms with Gasteiger partial charge in [-0.1, -0.05) is 13.8 Å². The highest BCUT2D eigenvalue weighted by atomic mass is 32.1. The van der Waals surface area contributed by atoms with Crippen LogP contribution in [0.3, 0.4) is 0 Å². The van der Waals surface area contributed by atoms with Gasteiger partial charge in [-0.25, -0.2) is 4.98 Å². The molecule has 0 radical (unpaired) electrons. The lowest BCUT2D eigenvalue weighted by Crippen LogP contribution is -2.50. The summed E-state index contributed by atoms with van der Waals surface area (Å²) in [6, 6.07) is 1.68. The Kier molecular flexibility index (Phi) is 5.15. The molecule has 0 fully saturated rings. The van der Waals surface area contributed by atoms with E-state index in [9.17, 15) is 14.4 Å². The van der Waals surface area contributed by atoms with E-state index in [0.717, 1.165) is 0 Å². The maximum Gasteiger partial charge on any atom is 0.305 e. The third-order valence-corrected chi connectivity index (χ3v) is 4.83.